The molecule has 9 heteroatoms. The molecule has 0 saturated carbocycles. The van der Waals surface area contributed by atoms with Crippen molar-refractivity contribution >= 4 is 34.6 Å². The van der Waals surface area contributed by atoms with Crippen LogP contribution in [0.15, 0.2) is 76.5 Å². The van der Waals surface area contributed by atoms with Gasteiger partial charge >= 0.3 is 0 Å². The van der Waals surface area contributed by atoms with Gasteiger partial charge in [-0.2, -0.15) is 0 Å². The molecule has 0 bridgehead atoms. The molecule has 0 unspecified atom stereocenters. The van der Waals surface area contributed by atoms with Crippen LogP contribution >= 0.6 is 11.8 Å². The molecule has 2 N–H and O–H groups in total. The Balaban J connectivity index is 2.04. The van der Waals surface area contributed by atoms with Gasteiger partial charge in [0.25, 0.3) is 11.4 Å². The van der Waals surface area contributed by atoms with Crippen molar-refractivity contribution in [2.75, 3.05) is 5.73 Å². The zero-order valence-electron chi connectivity index (χ0n) is 14.3. The van der Waals surface area contributed by atoms with Crippen molar-refractivity contribution in [3.8, 4) is 0 Å². The van der Waals surface area contributed by atoms with Crippen molar-refractivity contribution in [2.24, 2.45) is 0 Å². The summed E-state index contributed by atoms with van der Waals surface area (Å²) < 4.78 is 0. The Labute approximate surface area is 163 Å². The Bertz CT molecular complexity index is 1090. The van der Waals surface area contributed by atoms with Crippen molar-refractivity contribution < 1.29 is 14.6 Å². The molecule has 0 atom stereocenters. The fraction of sp³-hybridized carbons (Fsp3) is 0. The zero-order chi connectivity index (χ0) is 20.3. The standard InChI is InChI=1S/C19H13N3O5S/c20-16-11-14(22(26)27)7-9-18(16)28-17-8-6-13(21(24)25)10-15(17)19(23)12-4-2-1-3-5-12/h1-11H,20H2. The third-order valence-corrected chi connectivity index (χ3v) is 5.05. The molecule has 0 radical (unpaired) electrons. The highest BCUT2D eigenvalue weighted by atomic mass is 32.2. The van der Waals surface area contributed by atoms with Gasteiger partial charge in [0.05, 0.1) is 15.5 Å². The van der Waals surface area contributed by atoms with Gasteiger partial charge in [-0.05, 0) is 12.1 Å². The van der Waals surface area contributed by atoms with Crippen LogP contribution in [0.25, 0.3) is 0 Å². The van der Waals surface area contributed by atoms with Crippen molar-refractivity contribution in [1.29, 1.82) is 0 Å². The number of rotatable bonds is 6. The van der Waals surface area contributed by atoms with E-state index in [9.17, 15) is 25.0 Å². The van der Waals surface area contributed by atoms with Crippen LogP contribution in [0, 0.1) is 20.2 Å². The van der Waals surface area contributed by atoms with Crippen molar-refractivity contribution in [2.45, 2.75) is 9.79 Å². The molecule has 140 valence electrons. The van der Waals surface area contributed by atoms with E-state index >= 15 is 0 Å². The van der Waals surface area contributed by atoms with E-state index in [1.165, 1.54) is 36.4 Å². The summed E-state index contributed by atoms with van der Waals surface area (Å²) in [4.78, 5) is 34.7. The summed E-state index contributed by atoms with van der Waals surface area (Å²) in [6.07, 6.45) is 0. The lowest BCUT2D eigenvalue weighted by molar-refractivity contribution is -0.385. The van der Waals surface area contributed by atoms with Gasteiger partial charge in [0, 0.05) is 45.2 Å². The van der Waals surface area contributed by atoms with Crippen LogP contribution < -0.4 is 5.73 Å². The van der Waals surface area contributed by atoms with Crippen molar-refractivity contribution in [1.82, 2.24) is 0 Å². The Morgan fingerprint density at radius 2 is 1.39 bits per heavy atom. The van der Waals surface area contributed by atoms with E-state index in [2.05, 4.69) is 0 Å². The summed E-state index contributed by atoms with van der Waals surface area (Å²) in [5, 5.41) is 22.0. The highest BCUT2D eigenvalue weighted by Crippen LogP contribution is 2.37. The molecular weight excluding hydrogens is 382 g/mol. The van der Waals surface area contributed by atoms with Crippen molar-refractivity contribution in [3.05, 3.63) is 98.1 Å². The van der Waals surface area contributed by atoms with Gasteiger partial charge in [0.2, 0.25) is 0 Å². The average molecular weight is 395 g/mol. The summed E-state index contributed by atoms with van der Waals surface area (Å²) in [7, 11) is 0. The van der Waals surface area contributed by atoms with Crippen LogP contribution in [-0.2, 0) is 0 Å². The first-order valence-electron chi connectivity index (χ1n) is 7.97. The number of carbonyl (C=O) groups excluding carboxylic acids is 1. The molecule has 3 rings (SSSR count). The highest BCUT2D eigenvalue weighted by Gasteiger charge is 2.20. The van der Waals surface area contributed by atoms with Crippen LogP contribution in [0.1, 0.15) is 15.9 Å². The summed E-state index contributed by atoms with van der Waals surface area (Å²) in [6, 6.07) is 16.4. The Morgan fingerprint density at radius 1 is 0.821 bits per heavy atom. The Kier molecular flexibility index (Phi) is 5.37. The van der Waals surface area contributed by atoms with Gasteiger partial charge < -0.3 is 5.73 Å². The van der Waals surface area contributed by atoms with Gasteiger partial charge in [0.1, 0.15) is 0 Å². The summed E-state index contributed by atoms with van der Waals surface area (Å²) >= 11 is 1.11. The molecule has 0 fully saturated rings. The molecule has 0 heterocycles. The highest BCUT2D eigenvalue weighted by molar-refractivity contribution is 7.99. The van der Waals surface area contributed by atoms with Gasteiger partial charge in [-0.25, -0.2) is 0 Å². The number of carbonyl (C=O) groups is 1. The number of nitro groups is 2. The number of anilines is 1. The predicted molar refractivity (Wildman–Crippen MR) is 105 cm³/mol. The van der Waals surface area contributed by atoms with E-state index in [-0.39, 0.29) is 28.4 Å². The third-order valence-electron chi connectivity index (χ3n) is 3.88. The second kappa shape index (κ2) is 7.89. The minimum atomic E-state index is -0.573. The third kappa shape index (κ3) is 3.99. The molecule has 3 aromatic rings. The van der Waals surface area contributed by atoms with Crippen LogP contribution in [0.3, 0.4) is 0 Å². The molecule has 8 nitrogen and oxygen atoms in total. The number of nitrogen functional groups attached to an aromatic ring is 1. The summed E-state index contributed by atoms with van der Waals surface area (Å²) in [5.74, 6) is -0.368. The molecule has 0 aliphatic carbocycles. The fourth-order valence-electron chi connectivity index (χ4n) is 2.50. The number of nitrogens with zero attached hydrogens (tertiary/aromatic N) is 2. The topological polar surface area (TPSA) is 129 Å². The van der Waals surface area contributed by atoms with E-state index in [0.29, 0.717) is 15.4 Å². The maximum Gasteiger partial charge on any atom is 0.271 e. The second-order valence-electron chi connectivity index (χ2n) is 5.71. The monoisotopic (exact) mass is 395 g/mol. The van der Waals surface area contributed by atoms with E-state index in [4.69, 9.17) is 5.73 Å². The number of ketones is 1. The largest absolute Gasteiger partial charge is 0.398 e. The lowest BCUT2D eigenvalue weighted by Crippen LogP contribution is -2.04. The van der Waals surface area contributed by atoms with Crippen LogP contribution in [0.2, 0.25) is 0 Å². The van der Waals surface area contributed by atoms with Gasteiger partial charge in [-0.3, -0.25) is 25.0 Å². The lowest BCUT2D eigenvalue weighted by atomic mass is 10.0. The number of hydrogen-bond acceptors (Lipinski definition) is 7. The molecule has 0 aliphatic heterocycles. The average Bonchev–Trinajstić information content (AvgIpc) is 2.69. The van der Waals surface area contributed by atoms with Crippen LogP contribution in [0.5, 0.6) is 0 Å². The van der Waals surface area contributed by atoms with Crippen molar-refractivity contribution in [3.63, 3.8) is 0 Å². The fourth-order valence-corrected chi connectivity index (χ4v) is 3.45. The number of hydrogen-bond donors (Lipinski definition) is 1. The SMILES string of the molecule is Nc1cc([N+](=O)[O-])ccc1Sc1ccc([N+](=O)[O-])cc1C(=O)c1ccccc1. The first kappa shape index (κ1) is 19.1. The van der Waals surface area contributed by atoms with Gasteiger partial charge in [0.15, 0.2) is 5.78 Å². The zero-order valence-corrected chi connectivity index (χ0v) is 15.1. The minimum Gasteiger partial charge on any atom is -0.398 e. The molecule has 0 saturated heterocycles. The smallest absolute Gasteiger partial charge is 0.271 e. The van der Waals surface area contributed by atoms with Gasteiger partial charge in [-0.15, -0.1) is 0 Å². The molecule has 28 heavy (non-hydrogen) atoms. The first-order valence-corrected chi connectivity index (χ1v) is 8.78. The first-order chi connectivity index (χ1) is 13.4. The van der Waals surface area contributed by atoms with Gasteiger partial charge in [-0.1, -0.05) is 42.1 Å². The van der Waals surface area contributed by atoms with E-state index < -0.39 is 9.85 Å². The minimum absolute atomic E-state index is 0.147. The Morgan fingerprint density at radius 3 is 1.96 bits per heavy atom. The molecule has 0 spiro atoms. The number of benzene rings is 3. The summed E-state index contributed by atoms with van der Waals surface area (Å²) in [6.45, 7) is 0. The molecule has 3 aromatic carbocycles. The number of nitro benzene ring substituents is 2. The molecule has 0 aromatic heterocycles. The maximum atomic E-state index is 12.9. The van der Waals surface area contributed by atoms with Crippen LogP contribution in [-0.4, -0.2) is 15.6 Å². The normalized spacial score (nSPS) is 10.4. The molecular formula is C19H13N3O5S. The Hall–Kier alpha value is -3.72. The quantitative estimate of drug-likeness (QED) is 0.282. The molecule has 0 aliphatic rings. The van der Waals surface area contributed by atoms with E-state index in [1.807, 2.05) is 0 Å². The summed E-state index contributed by atoms with van der Waals surface area (Å²) in [5.41, 5.74) is 6.27. The number of nitrogens with two attached hydrogens (primary N) is 1. The molecule has 0 amide bonds. The maximum absolute atomic E-state index is 12.9. The van der Waals surface area contributed by atoms with Crippen LogP contribution in [0.4, 0.5) is 17.1 Å². The predicted octanol–water partition coefficient (Wildman–Crippen LogP) is 4.47. The van der Waals surface area contributed by atoms with E-state index in [1.54, 1.807) is 30.3 Å². The second-order valence-corrected chi connectivity index (χ2v) is 6.80. The lowest BCUT2D eigenvalue weighted by Gasteiger charge is -2.10. The number of non-ortho nitro benzene ring substituents is 2. The van der Waals surface area contributed by atoms with E-state index in [0.717, 1.165) is 11.8 Å².